The molecule has 2 heterocycles. The van der Waals surface area contributed by atoms with Crippen LogP contribution in [0.5, 0.6) is 5.88 Å². The maximum Gasteiger partial charge on any atom is 0.422 e. The summed E-state index contributed by atoms with van der Waals surface area (Å²) in [6.07, 6.45) is -2.90. The topological polar surface area (TPSA) is 58.5 Å². The van der Waals surface area contributed by atoms with E-state index in [1.165, 1.54) is 17.1 Å². The Labute approximate surface area is 177 Å². The molecule has 5 nitrogen and oxygen atoms in total. The Balaban J connectivity index is 0.00000364. The lowest BCUT2D eigenvalue weighted by molar-refractivity contribution is -0.154. The Morgan fingerprint density at radius 1 is 1.30 bits per heavy atom. The van der Waals surface area contributed by atoms with Crippen molar-refractivity contribution in [2.75, 3.05) is 20.2 Å². The van der Waals surface area contributed by atoms with Crippen LogP contribution in [0.3, 0.4) is 0 Å². The molecule has 0 radical (unpaired) electrons. The molecule has 2 aromatic heterocycles. The lowest BCUT2D eigenvalue weighted by Crippen LogP contribution is -2.38. The van der Waals surface area contributed by atoms with Crippen LogP contribution >= 0.6 is 35.3 Å². The van der Waals surface area contributed by atoms with E-state index >= 15 is 0 Å². The van der Waals surface area contributed by atoms with Gasteiger partial charge in [0.25, 0.3) is 0 Å². The Hall–Kier alpha value is -1.56. The maximum absolute atomic E-state index is 12.1. The van der Waals surface area contributed by atoms with Gasteiger partial charge in [0.05, 0.1) is 0 Å². The van der Waals surface area contributed by atoms with E-state index in [0.29, 0.717) is 18.4 Å². The zero-order chi connectivity index (χ0) is 19.0. The minimum atomic E-state index is -4.37. The van der Waals surface area contributed by atoms with E-state index in [-0.39, 0.29) is 29.9 Å². The van der Waals surface area contributed by atoms with E-state index < -0.39 is 12.8 Å². The lowest BCUT2D eigenvalue weighted by atomic mass is 10.1. The average molecular weight is 514 g/mol. The Bertz CT molecular complexity index is 693. The van der Waals surface area contributed by atoms with Crippen molar-refractivity contribution in [3.63, 3.8) is 0 Å². The fourth-order valence-electron chi connectivity index (χ4n) is 2.09. The first-order valence-electron chi connectivity index (χ1n) is 8.00. The van der Waals surface area contributed by atoms with Gasteiger partial charge in [-0.15, -0.1) is 35.3 Å². The van der Waals surface area contributed by atoms with Crippen LogP contribution in [0.25, 0.3) is 0 Å². The summed E-state index contributed by atoms with van der Waals surface area (Å²) in [5.74, 6) is 0.949. The van der Waals surface area contributed by atoms with Crippen molar-refractivity contribution < 1.29 is 17.9 Å². The lowest BCUT2D eigenvalue weighted by Gasteiger charge is -2.15. The molecular formula is C17H22F3IN4OS. The third-order valence-corrected chi connectivity index (χ3v) is 4.57. The van der Waals surface area contributed by atoms with E-state index in [4.69, 9.17) is 0 Å². The van der Waals surface area contributed by atoms with E-state index in [2.05, 4.69) is 38.3 Å². The molecule has 0 aliphatic carbocycles. The van der Waals surface area contributed by atoms with Crippen molar-refractivity contribution in [1.82, 2.24) is 15.6 Å². The highest BCUT2D eigenvalue weighted by molar-refractivity contribution is 14.0. The number of halogens is 4. The van der Waals surface area contributed by atoms with Crippen molar-refractivity contribution in [3.8, 4) is 5.88 Å². The molecule has 0 spiro atoms. The highest BCUT2D eigenvalue weighted by Gasteiger charge is 2.28. The van der Waals surface area contributed by atoms with Crippen molar-refractivity contribution in [2.45, 2.75) is 25.6 Å². The highest BCUT2D eigenvalue weighted by Crippen LogP contribution is 2.19. The third kappa shape index (κ3) is 8.78. The van der Waals surface area contributed by atoms with Gasteiger partial charge < -0.3 is 15.4 Å². The second kappa shape index (κ2) is 11.3. The Morgan fingerprint density at radius 3 is 2.63 bits per heavy atom. The van der Waals surface area contributed by atoms with Crippen LogP contribution in [-0.4, -0.2) is 37.3 Å². The number of nitrogens with one attached hydrogen (secondary N) is 2. The summed E-state index contributed by atoms with van der Waals surface area (Å²) in [7, 11) is 1.68. The minimum absolute atomic E-state index is 0. The summed E-state index contributed by atoms with van der Waals surface area (Å²) in [4.78, 5) is 9.33. The van der Waals surface area contributed by atoms with E-state index in [1.54, 1.807) is 24.5 Å². The maximum atomic E-state index is 12.1. The first-order valence-corrected chi connectivity index (χ1v) is 8.88. The molecule has 0 bridgehead atoms. The Morgan fingerprint density at radius 2 is 2.07 bits per heavy atom. The molecule has 2 aromatic rings. The third-order valence-electron chi connectivity index (χ3n) is 3.47. The van der Waals surface area contributed by atoms with E-state index in [1.807, 2.05) is 11.4 Å². The molecule has 0 saturated carbocycles. The number of ether oxygens (including phenoxy) is 1. The van der Waals surface area contributed by atoms with E-state index in [0.717, 1.165) is 12.1 Å². The molecule has 0 fully saturated rings. The average Bonchev–Trinajstić information content (AvgIpc) is 3.15. The summed E-state index contributed by atoms with van der Waals surface area (Å²) in [6.45, 7) is 1.97. The number of thiophene rings is 1. The standard InChI is InChI=1S/C17H21F3N4OS.HI/c1-12(14-4-3-7-26-14)8-23-16(21-2)24-10-13-5-6-15(22-9-13)25-11-17(18,19)20;/h3-7,9,12H,8,10-11H2,1-2H3,(H2,21,23,24);1H. The molecule has 0 amide bonds. The SMILES string of the molecule is CN=C(NCc1ccc(OCC(F)(F)F)nc1)NCC(C)c1cccs1.I. The zero-order valence-corrected chi connectivity index (χ0v) is 18.1. The molecule has 0 aliphatic heterocycles. The highest BCUT2D eigenvalue weighted by atomic mass is 127. The van der Waals surface area contributed by atoms with Gasteiger partial charge in [-0.2, -0.15) is 13.2 Å². The molecule has 1 unspecified atom stereocenters. The summed E-state index contributed by atoms with van der Waals surface area (Å²) < 4.78 is 40.9. The number of aliphatic imine (C=N–C) groups is 1. The molecule has 0 aliphatic rings. The number of pyridine rings is 1. The molecule has 2 rings (SSSR count). The predicted octanol–water partition coefficient (Wildman–Crippen LogP) is 4.17. The number of alkyl halides is 3. The minimum Gasteiger partial charge on any atom is -0.468 e. The zero-order valence-electron chi connectivity index (χ0n) is 14.9. The molecule has 1 atom stereocenters. The Kier molecular flexibility index (Phi) is 9.84. The van der Waals surface area contributed by atoms with Crippen molar-refractivity contribution in [3.05, 3.63) is 46.3 Å². The fraction of sp³-hybridized carbons (Fsp3) is 0.412. The predicted molar refractivity (Wildman–Crippen MR) is 112 cm³/mol. The van der Waals surface area contributed by atoms with Gasteiger partial charge in [0.2, 0.25) is 5.88 Å². The summed E-state index contributed by atoms with van der Waals surface area (Å²) in [5.41, 5.74) is 0.804. The molecular weight excluding hydrogens is 492 g/mol. The number of hydrogen-bond acceptors (Lipinski definition) is 4. The van der Waals surface area contributed by atoms with Crippen molar-refractivity contribution in [1.29, 1.82) is 0 Å². The van der Waals surface area contributed by atoms with Crippen LogP contribution in [0.15, 0.2) is 40.8 Å². The van der Waals surface area contributed by atoms with Crippen LogP contribution in [0.2, 0.25) is 0 Å². The van der Waals surface area contributed by atoms with E-state index in [9.17, 15) is 13.2 Å². The summed E-state index contributed by atoms with van der Waals surface area (Å²) in [6, 6.07) is 7.20. The quantitative estimate of drug-likeness (QED) is 0.331. The molecule has 0 saturated heterocycles. The molecule has 150 valence electrons. The summed E-state index contributed by atoms with van der Waals surface area (Å²) in [5, 5.41) is 8.44. The van der Waals surface area contributed by atoms with Crippen molar-refractivity contribution >= 4 is 41.3 Å². The van der Waals surface area contributed by atoms with Gasteiger partial charge in [0.1, 0.15) is 0 Å². The molecule has 10 heteroatoms. The first kappa shape index (κ1) is 23.5. The smallest absolute Gasteiger partial charge is 0.422 e. The fourth-order valence-corrected chi connectivity index (χ4v) is 2.87. The number of nitrogens with zero attached hydrogens (tertiary/aromatic N) is 2. The van der Waals surface area contributed by atoms with Crippen LogP contribution in [-0.2, 0) is 6.54 Å². The van der Waals surface area contributed by atoms with Gasteiger partial charge in [0.15, 0.2) is 12.6 Å². The monoisotopic (exact) mass is 514 g/mol. The first-order chi connectivity index (χ1) is 12.4. The second-order valence-electron chi connectivity index (χ2n) is 5.63. The normalized spacial score (nSPS) is 12.9. The van der Waals surface area contributed by atoms with Crippen molar-refractivity contribution in [2.24, 2.45) is 4.99 Å². The number of aromatic nitrogens is 1. The van der Waals surface area contributed by atoms with Gasteiger partial charge in [-0.05, 0) is 17.0 Å². The second-order valence-corrected chi connectivity index (χ2v) is 6.61. The molecule has 27 heavy (non-hydrogen) atoms. The largest absolute Gasteiger partial charge is 0.468 e. The van der Waals surface area contributed by atoms with Crippen LogP contribution in [0, 0.1) is 0 Å². The van der Waals surface area contributed by atoms with Gasteiger partial charge >= 0.3 is 6.18 Å². The number of hydrogen-bond donors (Lipinski definition) is 2. The van der Waals surface area contributed by atoms with Gasteiger partial charge in [-0.25, -0.2) is 4.98 Å². The van der Waals surface area contributed by atoms with Gasteiger partial charge in [0, 0.05) is 43.2 Å². The van der Waals surface area contributed by atoms with Crippen LogP contribution in [0.4, 0.5) is 13.2 Å². The van der Waals surface area contributed by atoms with Crippen LogP contribution < -0.4 is 15.4 Å². The number of guanidine groups is 1. The van der Waals surface area contributed by atoms with Gasteiger partial charge in [-0.3, -0.25) is 4.99 Å². The van der Waals surface area contributed by atoms with Crippen LogP contribution in [0.1, 0.15) is 23.3 Å². The van der Waals surface area contributed by atoms with Gasteiger partial charge in [-0.1, -0.05) is 19.1 Å². The summed E-state index contributed by atoms with van der Waals surface area (Å²) >= 11 is 1.72. The number of rotatable bonds is 7. The molecule has 0 aromatic carbocycles. The molecule has 2 N–H and O–H groups in total.